The highest BCUT2D eigenvalue weighted by molar-refractivity contribution is 5.08. The zero-order valence-electron chi connectivity index (χ0n) is 8.26. The second kappa shape index (κ2) is 3.01. The molecular weight excluding hydrogens is 176 g/mol. The lowest BCUT2D eigenvalue weighted by Crippen LogP contribution is -2.17. The molecule has 3 rings (SSSR count). The summed E-state index contributed by atoms with van der Waals surface area (Å²) in [6.07, 6.45) is 8.94. The lowest BCUT2D eigenvalue weighted by atomic mass is 9.89. The minimum Gasteiger partial charge on any atom is -0.505 e. The van der Waals surface area contributed by atoms with Crippen LogP contribution in [0.3, 0.4) is 0 Å². The molecule has 2 saturated carbocycles. The first-order valence-corrected chi connectivity index (χ1v) is 5.52. The minimum absolute atomic E-state index is 0.285. The first-order chi connectivity index (χ1) is 6.81. The highest BCUT2D eigenvalue weighted by Gasteiger charge is 2.39. The third-order valence-electron chi connectivity index (χ3n) is 3.93. The highest BCUT2D eigenvalue weighted by Crippen LogP contribution is 2.48. The number of hydrogen-bond acceptors (Lipinski definition) is 2. The maximum Gasteiger partial charge on any atom is 0.153 e. The zero-order valence-corrected chi connectivity index (χ0v) is 8.26. The summed E-state index contributed by atoms with van der Waals surface area (Å²) in [5.41, 5.74) is 0. The Bertz CT molecular complexity index is 334. The van der Waals surface area contributed by atoms with E-state index in [2.05, 4.69) is 5.10 Å². The van der Waals surface area contributed by atoms with Crippen molar-refractivity contribution in [1.82, 2.24) is 9.78 Å². The van der Waals surface area contributed by atoms with Crippen molar-refractivity contribution in [2.75, 3.05) is 0 Å². The Morgan fingerprint density at radius 1 is 1.43 bits per heavy atom. The van der Waals surface area contributed by atoms with Crippen LogP contribution in [0.25, 0.3) is 0 Å². The van der Waals surface area contributed by atoms with Crippen molar-refractivity contribution >= 4 is 0 Å². The normalized spacial score (nSPS) is 35.3. The van der Waals surface area contributed by atoms with Gasteiger partial charge in [0.25, 0.3) is 0 Å². The molecule has 2 bridgehead atoms. The summed E-state index contributed by atoms with van der Waals surface area (Å²) in [5, 5.41) is 13.3. The summed E-state index contributed by atoms with van der Waals surface area (Å²) < 4.78 is 1.89. The largest absolute Gasteiger partial charge is 0.505 e. The van der Waals surface area contributed by atoms with Crippen LogP contribution in [0, 0.1) is 17.8 Å². The van der Waals surface area contributed by atoms with Crippen molar-refractivity contribution in [2.24, 2.45) is 17.8 Å². The van der Waals surface area contributed by atoms with Crippen LogP contribution in [0.2, 0.25) is 0 Å². The third-order valence-corrected chi connectivity index (χ3v) is 3.93. The van der Waals surface area contributed by atoms with Gasteiger partial charge in [-0.25, -0.2) is 0 Å². The van der Waals surface area contributed by atoms with Crippen LogP contribution < -0.4 is 0 Å². The van der Waals surface area contributed by atoms with Crippen molar-refractivity contribution in [2.45, 2.75) is 32.2 Å². The average Bonchev–Trinajstić information content (AvgIpc) is 2.82. The van der Waals surface area contributed by atoms with E-state index in [1.807, 2.05) is 4.68 Å². The van der Waals surface area contributed by atoms with Gasteiger partial charge < -0.3 is 5.11 Å². The number of aromatic nitrogens is 2. The van der Waals surface area contributed by atoms with E-state index in [4.69, 9.17) is 0 Å². The third kappa shape index (κ3) is 1.31. The molecule has 2 aliphatic rings. The molecule has 1 N–H and O–H groups in total. The van der Waals surface area contributed by atoms with E-state index in [1.54, 1.807) is 6.20 Å². The summed E-state index contributed by atoms with van der Waals surface area (Å²) in [7, 11) is 0. The van der Waals surface area contributed by atoms with Crippen molar-refractivity contribution in [3.63, 3.8) is 0 Å². The topological polar surface area (TPSA) is 38.1 Å². The molecule has 0 aromatic carbocycles. The Morgan fingerprint density at radius 3 is 2.93 bits per heavy atom. The van der Waals surface area contributed by atoms with E-state index >= 15 is 0 Å². The molecule has 3 nitrogen and oxygen atoms in total. The zero-order chi connectivity index (χ0) is 9.54. The molecule has 0 saturated heterocycles. The monoisotopic (exact) mass is 192 g/mol. The van der Waals surface area contributed by atoms with Gasteiger partial charge in [-0.05, 0) is 37.0 Å². The van der Waals surface area contributed by atoms with Crippen LogP contribution in [0.5, 0.6) is 5.75 Å². The summed E-state index contributed by atoms with van der Waals surface area (Å²) in [6, 6.07) is 0. The predicted octanol–water partition coefficient (Wildman–Crippen LogP) is 2.02. The fourth-order valence-corrected chi connectivity index (χ4v) is 3.29. The Hall–Kier alpha value is -0.990. The fraction of sp³-hybridized carbons (Fsp3) is 0.727. The van der Waals surface area contributed by atoms with Gasteiger partial charge in [-0.15, -0.1) is 0 Å². The van der Waals surface area contributed by atoms with Crippen molar-refractivity contribution < 1.29 is 5.11 Å². The van der Waals surface area contributed by atoms with Crippen molar-refractivity contribution in [3.05, 3.63) is 12.4 Å². The number of hydrogen-bond donors (Lipinski definition) is 1. The van der Waals surface area contributed by atoms with Crippen molar-refractivity contribution in [3.8, 4) is 5.75 Å². The lowest BCUT2D eigenvalue weighted by molar-refractivity contribution is 0.285. The van der Waals surface area contributed by atoms with E-state index in [1.165, 1.54) is 31.9 Å². The predicted molar refractivity (Wildman–Crippen MR) is 52.8 cm³/mol. The molecule has 3 atom stereocenters. The Labute approximate surface area is 83.7 Å². The molecule has 1 aromatic heterocycles. The van der Waals surface area contributed by atoms with Gasteiger partial charge >= 0.3 is 0 Å². The molecule has 0 aliphatic heterocycles. The molecule has 1 aromatic rings. The summed E-state index contributed by atoms with van der Waals surface area (Å²) >= 11 is 0. The van der Waals surface area contributed by atoms with Crippen molar-refractivity contribution in [1.29, 1.82) is 0 Å². The van der Waals surface area contributed by atoms with Crippen LogP contribution in [0.1, 0.15) is 25.7 Å². The smallest absolute Gasteiger partial charge is 0.153 e. The molecule has 0 spiro atoms. The summed E-state index contributed by atoms with van der Waals surface area (Å²) in [5.74, 6) is 3.03. The Balaban J connectivity index is 1.68. The molecule has 3 heteroatoms. The van der Waals surface area contributed by atoms with Gasteiger partial charge in [-0.2, -0.15) is 5.10 Å². The molecule has 2 fully saturated rings. The van der Waals surface area contributed by atoms with Crippen LogP contribution in [0.15, 0.2) is 12.4 Å². The first kappa shape index (κ1) is 8.33. The molecule has 3 unspecified atom stereocenters. The van der Waals surface area contributed by atoms with E-state index < -0.39 is 0 Å². The minimum atomic E-state index is 0.285. The number of fused-ring (bicyclic) bond motifs is 2. The number of aromatic hydroxyl groups is 1. The molecule has 2 aliphatic carbocycles. The van der Waals surface area contributed by atoms with Gasteiger partial charge in [0.1, 0.15) is 0 Å². The summed E-state index contributed by atoms with van der Waals surface area (Å²) in [6.45, 7) is 1.00. The van der Waals surface area contributed by atoms with E-state index in [9.17, 15) is 5.11 Å². The molecule has 14 heavy (non-hydrogen) atoms. The lowest BCUT2D eigenvalue weighted by Gasteiger charge is -2.21. The van der Waals surface area contributed by atoms with Crippen LogP contribution in [0.4, 0.5) is 0 Å². The maximum absolute atomic E-state index is 9.18. The van der Waals surface area contributed by atoms with Gasteiger partial charge in [0.05, 0.1) is 12.4 Å². The second-order valence-corrected chi connectivity index (χ2v) is 4.86. The van der Waals surface area contributed by atoms with Crippen LogP contribution in [-0.2, 0) is 6.54 Å². The Morgan fingerprint density at radius 2 is 2.36 bits per heavy atom. The van der Waals surface area contributed by atoms with Gasteiger partial charge in [-0.3, -0.25) is 4.68 Å². The number of nitrogens with zero attached hydrogens (tertiary/aromatic N) is 2. The van der Waals surface area contributed by atoms with Gasteiger partial charge in [0, 0.05) is 6.54 Å². The summed E-state index contributed by atoms with van der Waals surface area (Å²) in [4.78, 5) is 0. The van der Waals surface area contributed by atoms with Crippen LogP contribution >= 0.6 is 0 Å². The fourth-order valence-electron chi connectivity index (χ4n) is 3.29. The SMILES string of the molecule is Oc1cnn(CC2CC3CCC2C3)c1. The average molecular weight is 192 g/mol. The van der Waals surface area contributed by atoms with E-state index in [-0.39, 0.29) is 5.75 Å². The second-order valence-electron chi connectivity index (χ2n) is 4.86. The Kier molecular flexibility index (Phi) is 1.79. The first-order valence-electron chi connectivity index (χ1n) is 5.52. The standard InChI is InChI=1S/C11H16N2O/c14-11-5-12-13(7-11)6-10-4-8-1-2-9(10)3-8/h5,7-10,14H,1-4,6H2. The molecule has 76 valence electrons. The highest BCUT2D eigenvalue weighted by atomic mass is 16.3. The van der Waals surface area contributed by atoms with E-state index in [0.717, 1.165) is 24.3 Å². The molecule has 0 amide bonds. The van der Waals surface area contributed by atoms with Gasteiger partial charge in [0.15, 0.2) is 5.75 Å². The molecular formula is C11H16N2O. The maximum atomic E-state index is 9.18. The molecule has 1 heterocycles. The van der Waals surface area contributed by atoms with E-state index in [0.29, 0.717) is 0 Å². The quantitative estimate of drug-likeness (QED) is 0.778. The van der Waals surface area contributed by atoms with Gasteiger partial charge in [-0.1, -0.05) is 6.42 Å². The number of rotatable bonds is 2. The van der Waals surface area contributed by atoms with Crippen LogP contribution in [-0.4, -0.2) is 14.9 Å². The molecule has 0 radical (unpaired) electrons. The van der Waals surface area contributed by atoms with Gasteiger partial charge in [0.2, 0.25) is 0 Å².